The standard InChI is InChI=1S/C18H18N4O2/c1-3-24-17(23)15-11(2)20-18-21-12-7-4-5-9-14(12)22(18)16(15)13-8-6-10-19-13/h4-10,16,19H,3H2,1-2H3,(H,20,21). The van der Waals surface area contributed by atoms with E-state index in [9.17, 15) is 4.79 Å². The lowest BCUT2D eigenvalue weighted by atomic mass is 9.99. The lowest BCUT2D eigenvalue weighted by Crippen LogP contribution is -2.29. The van der Waals surface area contributed by atoms with Crippen molar-refractivity contribution in [2.45, 2.75) is 19.9 Å². The predicted octanol–water partition coefficient (Wildman–Crippen LogP) is 3.22. The normalized spacial score (nSPS) is 16.8. The van der Waals surface area contributed by atoms with Gasteiger partial charge in [-0.1, -0.05) is 12.1 Å². The first kappa shape index (κ1) is 14.6. The van der Waals surface area contributed by atoms with Crippen LogP contribution in [-0.4, -0.2) is 27.1 Å². The van der Waals surface area contributed by atoms with Crippen LogP contribution in [0.4, 0.5) is 5.95 Å². The SMILES string of the molecule is CCOC(=O)C1=C(C)Nc2nc3ccccc3n2C1c1ccc[nH]1. The first-order valence-corrected chi connectivity index (χ1v) is 7.96. The van der Waals surface area contributed by atoms with Gasteiger partial charge in [0.2, 0.25) is 5.95 Å². The van der Waals surface area contributed by atoms with Crippen molar-refractivity contribution in [2.75, 3.05) is 11.9 Å². The van der Waals surface area contributed by atoms with E-state index in [-0.39, 0.29) is 12.0 Å². The Morgan fingerprint density at radius 3 is 2.88 bits per heavy atom. The summed E-state index contributed by atoms with van der Waals surface area (Å²) in [5.74, 6) is 0.409. The maximum Gasteiger partial charge on any atom is 0.338 e. The van der Waals surface area contributed by atoms with E-state index in [0.717, 1.165) is 28.4 Å². The molecule has 4 rings (SSSR count). The van der Waals surface area contributed by atoms with Crippen LogP contribution in [0.5, 0.6) is 0 Å². The number of anilines is 1. The highest BCUT2D eigenvalue weighted by Gasteiger charge is 2.35. The zero-order valence-corrected chi connectivity index (χ0v) is 13.5. The number of hydrogen-bond acceptors (Lipinski definition) is 4. The molecule has 3 aromatic rings. The quantitative estimate of drug-likeness (QED) is 0.726. The average molecular weight is 322 g/mol. The van der Waals surface area contributed by atoms with Gasteiger partial charge in [-0.2, -0.15) is 0 Å². The van der Waals surface area contributed by atoms with Crippen LogP contribution in [0.1, 0.15) is 25.6 Å². The molecule has 2 aromatic heterocycles. The van der Waals surface area contributed by atoms with Crippen molar-refractivity contribution < 1.29 is 9.53 Å². The summed E-state index contributed by atoms with van der Waals surface area (Å²) in [5.41, 5.74) is 4.12. The van der Waals surface area contributed by atoms with Crippen LogP contribution in [-0.2, 0) is 9.53 Å². The first-order valence-electron chi connectivity index (χ1n) is 7.96. The van der Waals surface area contributed by atoms with Crippen molar-refractivity contribution in [1.29, 1.82) is 0 Å². The molecule has 1 aliphatic heterocycles. The van der Waals surface area contributed by atoms with Crippen molar-refractivity contribution in [3.63, 3.8) is 0 Å². The summed E-state index contributed by atoms with van der Waals surface area (Å²) in [6, 6.07) is 11.5. The fourth-order valence-corrected chi connectivity index (χ4v) is 3.25. The predicted molar refractivity (Wildman–Crippen MR) is 91.6 cm³/mol. The lowest BCUT2D eigenvalue weighted by Gasteiger charge is -2.29. The van der Waals surface area contributed by atoms with E-state index in [4.69, 9.17) is 4.74 Å². The second kappa shape index (κ2) is 5.56. The first-order chi connectivity index (χ1) is 11.7. The van der Waals surface area contributed by atoms with Gasteiger partial charge in [0.15, 0.2) is 0 Å². The molecule has 1 atom stereocenters. The molecule has 0 fully saturated rings. The number of benzene rings is 1. The smallest absolute Gasteiger partial charge is 0.338 e. The Kier molecular flexibility index (Phi) is 3.37. The molecule has 0 amide bonds. The van der Waals surface area contributed by atoms with Gasteiger partial charge in [0.1, 0.15) is 6.04 Å². The molecule has 0 saturated carbocycles. The molecule has 6 heteroatoms. The maximum atomic E-state index is 12.6. The molecule has 24 heavy (non-hydrogen) atoms. The van der Waals surface area contributed by atoms with Crippen molar-refractivity contribution in [3.8, 4) is 0 Å². The molecule has 3 heterocycles. The molecule has 0 bridgehead atoms. The number of rotatable bonds is 3. The number of aromatic amines is 1. The molecule has 2 N–H and O–H groups in total. The van der Waals surface area contributed by atoms with Gasteiger partial charge in [-0.05, 0) is 38.1 Å². The molecule has 6 nitrogen and oxygen atoms in total. The monoisotopic (exact) mass is 322 g/mol. The largest absolute Gasteiger partial charge is 0.463 e. The summed E-state index contributed by atoms with van der Waals surface area (Å²) in [6.07, 6.45) is 1.86. The number of allylic oxidation sites excluding steroid dienone is 1. The molecule has 1 unspecified atom stereocenters. The summed E-state index contributed by atoms with van der Waals surface area (Å²) in [7, 11) is 0. The van der Waals surface area contributed by atoms with Crippen LogP contribution < -0.4 is 5.32 Å². The number of carbonyl (C=O) groups excluding carboxylic acids is 1. The number of esters is 1. The van der Waals surface area contributed by atoms with Gasteiger partial charge < -0.3 is 15.0 Å². The van der Waals surface area contributed by atoms with Gasteiger partial charge in [-0.25, -0.2) is 9.78 Å². The fraction of sp³-hybridized carbons (Fsp3) is 0.222. The van der Waals surface area contributed by atoms with E-state index in [1.54, 1.807) is 0 Å². The average Bonchev–Trinajstić information content (AvgIpc) is 3.21. The van der Waals surface area contributed by atoms with Crippen molar-refractivity contribution in [3.05, 3.63) is 59.6 Å². The number of H-pyrrole nitrogens is 1. The van der Waals surface area contributed by atoms with Crippen LogP contribution in [0.25, 0.3) is 11.0 Å². The number of aromatic nitrogens is 3. The third-order valence-corrected chi connectivity index (χ3v) is 4.24. The maximum absolute atomic E-state index is 12.6. The van der Waals surface area contributed by atoms with Gasteiger partial charge in [-0.3, -0.25) is 4.57 Å². The number of hydrogen-bond donors (Lipinski definition) is 2. The van der Waals surface area contributed by atoms with E-state index in [1.165, 1.54) is 0 Å². The summed E-state index contributed by atoms with van der Waals surface area (Å²) in [6.45, 7) is 4.03. The molecule has 1 aliphatic rings. The van der Waals surface area contributed by atoms with Gasteiger partial charge in [0.05, 0.1) is 23.2 Å². The number of carbonyl (C=O) groups is 1. The summed E-state index contributed by atoms with van der Waals surface area (Å²) < 4.78 is 7.34. The molecular formula is C18H18N4O2. The lowest BCUT2D eigenvalue weighted by molar-refractivity contribution is -0.139. The zero-order chi connectivity index (χ0) is 16.7. The number of imidazole rings is 1. The number of para-hydroxylation sites is 2. The second-order valence-electron chi connectivity index (χ2n) is 5.71. The van der Waals surface area contributed by atoms with E-state index < -0.39 is 0 Å². The zero-order valence-electron chi connectivity index (χ0n) is 13.5. The van der Waals surface area contributed by atoms with Gasteiger partial charge in [-0.15, -0.1) is 0 Å². The number of nitrogens with zero attached hydrogens (tertiary/aromatic N) is 2. The van der Waals surface area contributed by atoms with Crippen LogP contribution in [0.3, 0.4) is 0 Å². The number of ether oxygens (including phenoxy) is 1. The van der Waals surface area contributed by atoms with E-state index in [1.807, 2.05) is 61.0 Å². The van der Waals surface area contributed by atoms with Crippen LogP contribution in [0, 0.1) is 0 Å². The second-order valence-corrected chi connectivity index (χ2v) is 5.71. The minimum absolute atomic E-state index is 0.303. The fourth-order valence-electron chi connectivity index (χ4n) is 3.25. The number of nitrogens with one attached hydrogen (secondary N) is 2. The highest BCUT2D eigenvalue weighted by atomic mass is 16.5. The van der Waals surface area contributed by atoms with Crippen molar-refractivity contribution in [2.24, 2.45) is 0 Å². The number of fused-ring (bicyclic) bond motifs is 3. The van der Waals surface area contributed by atoms with Crippen molar-refractivity contribution >= 4 is 23.0 Å². The molecule has 122 valence electrons. The Morgan fingerprint density at radius 1 is 1.29 bits per heavy atom. The molecule has 1 aromatic carbocycles. The van der Waals surface area contributed by atoms with Gasteiger partial charge in [0, 0.05) is 17.6 Å². The third kappa shape index (κ3) is 2.11. The summed E-state index contributed by atoms with van der Waals surface area (Å²) in [5, 5.41) is 3.25. The summed E-state index contributed by atoms with van der Waals surface area (Å²) in [4.78, 5) is 20.5. The Labute approximate surface area is 139 Å². The Hall–Kier alpha value is -3.02. The molecule has 0 spiro atoms. The highest BCUT2D eigenvalue weighted by molar-refractivity contribution is 5.93. The minimum Gasteiger partial charge on any atom is -0.463 e. The third-order valence-electron chi connectivity index (χ3n) is 4.24. The Morgan fingerprint density at radius 2 is 2.12 bits per heavy atom. The highest BCUT2D eigenvalue weighted by Crippen LogP contribution is 2.38. The van der Waals surface area contributed by atoms with Gasteiger partial charge in [0.25, 0.3) is 0 Å². The van der Waals surface area contributed by atoms with Crippen LogP contribution >= 0.6 is 0 Å². The minimum atomic E-state index is -0.314. The van der Waals surface area contributed by atoms with E-state index in [0.29, 0.717) is 12.2 Å². The molecule has 0 aliphatic carbocycles. The Bertz CT molecular complexity index is 937. The molecule has 0 radical (unpaired) electrons. The summed E-state index contributed by atoms with van der Waals surface area (Å²) >= 11 is 0. The topological polar surface area (TPSA) is 71.9 Å². The van der Waals surface area contributed by atoms with Crippen LogP contribution in [0.2, 0.25) is 0 Å². The van der Waals surface area contributed by atoms with E-state index in [2.05, 4.69) is 15.3 Å². The van der Waals surface area contributed by atoms with Crippen molar-refractivity contribution in [1.82, 2.24) is 14.5 Å². The van der Waals surface area contributed by atoms with E-state index >= 15 is 0 Å². The Balaban J connectivity index is 1.97. The van der Waals surface area contributed by atoms with Gasteiger partial charge >= 0.3 is 5.97 Å². The van der Waals surface area contributed by atoms with Crippen LogP contribution in [0.15, 0.2) is 53.9 Å². The molecular weight excluding hydrogens is 304 g/mol. The molecule has 0 saturated heterocycles.